The number of primary amides is 1. The molecule has 2 N–H and O–H groups in total. The maximum atomic E-state index is 11.5. The van der Waals surface area contributed by atoms with E-state index in [1.54, 1.807) is 6.07 Å². The summed E-state index contributed by atoms with van der Waals surface area (Å²) in [6, 6.07) is 1.79. The van der Waals surface area contributed by atoms with E-state index in [4.69, 9.17) is 17.3 Å². The minimum absolute atomic E-state index is 0.0277. The zero-order valence-corrected chi connectivity index (χ0v) is 10.2. The van der Waals surface area contributed by atoms with Crippen molar-refractivity contribution in [1.82, 2.24) is 4.57 Å². The van der Waals surface area contributed by atoms with Crippen molar-refractivity contribution in [3.63, 3.8) is 0 Å². The summed E-state index contributed by atoms with van der Waals surface area (Å²) < 4.78 is 1.91. The van der Waals surface area contributed by atoms with Gasteiger partial charge in [-0.2, -0.15) is 0 Å². The van der Waals surface area contributed by atoms with Crippen molar-refractivity contribution in [2.24, 2.45) is 5.73 Å². The predicted molar refractivity (Wildman–Crippen MR) is 62.8 cm³/mol. The maximum absolute atomic E-state index is 11.5. The largest absolute Gasteiger partial charge is 0.370 e. The van der Waals surface area contributed by atoms with Crippen molar-refractivity contribution < 1.29 is 9.59 Å². The van der Waals surface area contributed by atoms with Crippen LogP contribution in [-0.4, -0.2) is 22.1 Å². The van der Waals surface area contributed by atoms with E-state index in [1.807, 2.05) is 18.4 Å². The van der Waals surface area contributed by atoms with E-state index in [0.29, 0.717) is 12.1 Å². The molecule has 1 aromatic rings. The Labute approximate surface area is 99.4 Å². The first-order valence-corrected chi connectivity index (χ1v) is 5.55. The minimum atomic E-state index is -0.349. The van der Waals surface area contributed by atoms with Gasteiger partial charge in [-0.1, -0.05) is 0 Å². The van der Waals surface area contributed by atoms with E-state index in [-0.39, 0.29) is 24.0 Å². The average Bonchev–Trinajstić information content (AvgIpc) is 2.51. The molecule has 16 heavy (non-hydrogen) atoms. The molecule has 4 nitrogen and oxygen atoms in total. The molecule has 1 aromatic heterocycles. The highest BCUT2D eigenvalue weighted by molar-refractivity contribution is 6.30. The van der Waals surface area contributed by atoms with Crippen LogP contribution >= 0.6 is 11.6 Å². The number of Topliss-reactive ketones (excluding diaryl/α,β-unsaturated/α-hetero) is 1. The zero-order chi connectivity index (χ0) is 12.3. The van der Waals surface area contributed by atoms with E-state index >= 15 is 0 Å². The number of amides is 1. The van der Waals surface area contributed by atoms with E-state index in [0.717, 1.165) is 11.4 Å². The summed E-state index contributed by atoms with van der Waals surface area (Å²) in [6.07, 6.45) is 0.269. The number of nitrogens with zero attached hydrogens (tertiary/aromatic N) is 1. The zero-order valence-electron chi connectivity index (χ0n) is 9.42. The van der Waals surface area contributed by atoms with Crippen LogP contribution in [0, 0.1) is 13.8 Å². The number of alkyl halides is 1. The summed E-state index contributed by atoms with van der Waals surface area (Å²) >= 11 is 5.51. The van der Waals surface area contributed by atoms with Crippen LogP contribution < -0.4 is 5.73 Å². The lowest BCUT2D eigenvalue weighted by Crippen LogP contribution is -2.15. The molecule has 0 radical (unpaired) electrons. The van der Waals surface area contributed by atoms with Gasteiger partial charge in [-0.15, -0.1) is 11.6 Å². The number of aromatic nitrogens is 1. The van der Waals surface area contributed by atoms with Gasteiger partial charge in [0.15, 0.2) is 5.78 Å². The van der Waals surface area contributed by atoms with Gasteiger partial charge in [0.2, 0.25) is 5.91 Å². The van der Waals surface area contributed by atoms with Gasteiger partial charge >= 0.3 is 0 Å². The molecule has 0 saturated heterocycles. The summed E-state index contributed by atoms with van der Waals surface area (Å²) in [7, 11) is 0. The summed E-state index contributed by atoms with van der Waals surface area (Å²) in [5, 5.41) is 0. The van der Waals surface area contributed by atoms with E-state index < -0.39 is 0 Å². The van der Waals surface area contributed by atoms with Crippen LogP contribution in [0.5, 0.6) is 0 Å². The van der Waals surface area contributed by atoms with Gasteiger partial charge in [0.1, 0.15) is 0 Å². The van der Waals surface area contributed by atoms with E-state index in [1.165, 1.54) is 0 Å². The topological polar surface area (TPSA) is 65.1 Å². The Balaban J connectivity index is 2.97. The molecule has 0 aliphatic rings. The number of hydrogen-bond donors (Lipinski definition) is 1. The summed E-state index contributed by atoms with van der Waals surface area (Å²) in [4.78, 5) is 22.2. The molecule has 0 saturated carbocycles. The van der Waals surface area contributed by atoms with Gasteiger partial charge in [0.25, 0.3) is 0 Å². The molecule has 0 unspecified atom stereocenters. The molecule has 0 bridgehead atoms. The highest BCUT2D eigenvalue weighted by Crippen LogP contribution is 2.16. The first kappa shape index (κ1) is 12.8. The molecule has 0 fully saturated rings. The van der Waals surface area contributed by atoms with Crippen LogP contribution in [0.2, 0.25) is 0 Å². The molecular formula is C11H15ClN2O2. The highest BCUT2D eigenvalue weighted by Gasteiger charge is 2.14. The maximum Gasteiger partial charge on any atom is 0.219 e. The number of carbonyl (C=O) groups excluding carboxylic acids is 2. The Morgan fingerprint density at radius 2 is 2.06 bits per heavy atom. The van der Waals surface area contributed by atoms with Crippen LogP contribution in [0.15, 0.2) is 6.07 Å². The molecular weight excluding hydrogens is 228 g/mol. The molecule has 1 rings (SSSR count). The quantitative estimate of drug-likeness (QED) is 0.627. The van der Waals surface area contributed by atoms with Gasteiger partial charge in [-0.25, -0.2) is 0 Å². The number of aryl methyl sites for hydroxylation is 1. The third-order valence-electron chi connectivity index (χ3n) is 2.58. The number of ketones is 1. The second-order valence-electron chi connectivity index (χ2n) is 3.71. The fourth-order valence-corrected chi connectivity index (χ4v) is 1.87. The average molecular weight is 243 g/mol. The molecule has 0 aliphatic carbocycles. The summed E-state index contributed by atoms with van der Waals surface area (Å²) in [5.41, 5.74) is 7.49. The van der Waals surface area contributed by atoms with Crippen molar-refractivity contribution in [2.45, 2.75) is 26.8 Å². The summed E-state index contributed by atoms with van der Waals surface area (Å²) in [5.74, 6) is -0.474. The second kappa shape index (κ2) is 5.16. The monoisotopic (exact) mass is 242 g/mol. The molecule has 1 heterocycles. The third-order valence-corrected chi connectivity index (χ3v) is 2.82. The fourth-order valence-electron chi connectivity index (χ4n) is 1.72. The van der Waals surface area contributed by atoms with Gasteiger partial charge in [0.05, 0.1) is 5.88 Å². The van der Waals surface area contributed by atoms with Gasteiger partial charge < -0.3 is 10.3 Å². The lowest BCUT2D eigenvalue weighted by atomic mass is 10.2. The Bertz CT molecular complexity index is 424. The first-order chi connectivity index (χ1) is 7.47. The fraction of sp³-hybridized carbons (Fsp3) is 0.455. The molecule has 1 amide bonds. The van der Waals surface area contributed by atoms with Crippen LogP contribution in [0.1, 0.15) is 28.2 Å². The number of halogens is 1. The van der Waals surface area contributed by atoms with Crippen LogP contribution in [-0.2, 0) is 11.3 Å². The van der Waals surface area contributed by atoms with E-state index in [2.05, 4.69) is 0 Å². The molecule has 0 atom stereocenters. The van der Waals surface area contributed by atoms with Crippen LogP contribution in [0.3, 0.4) is 0 Å². The SMILES string of the molecule is Cc1cc(C(=O)CCl)c(C)n1CCC(N)=O. The van der Waals surface area contributed by atoms with E-state index in [9.17, 15) is 9.59 Å². The molecule has 0 aromatic carbocycles. The van der Waals surface area contributed by atoms with Crippen molar-refractivity contribution in [3.05, 3.63) is 23.0 Å². The minimum Gasteiger partial charge on any atom is -0.370 e. The molecule has 0 spiro atoms. The van der Waals surface area contributed by atoms with Crippen molar-refractivity contribution in [1.29, 1.82) is 0 Å². The first-order valence-electron chi connectivity index (χ1n) is 5.01. The Hall–Kier alpha value is -1.29. The Morgan fingerprint density at radius 3 is 2.56 bits per heavy atom. The number of hydrogen-bond acceptors (Lipinski definition) is 2. The standard InChI is InChI=1S/C11H15ClN2O2/c1-7-5-9(10(15)6-12)8(2)14(7)4-3-11(13)16/h5H,3-4,6H2,1-2H3,(H2,13,16). The normalized spacial score (nSPS) is 10.4. The number of carbonyl (C=O) groups is 2. The smallest absolute Gasteiger partial charge is 0.219 e. The third kappa shape index (κ3) is 2.64. The van der Waals surface area contributed by atoms with Crippen molar-refractivity contribution in [2.75, 3.05) is 5.88 Å². The van der Waals surface area contributed by atoms with Gasteiger partial charge in [-0.3, -0.25) is 9.59 Å². The van der Waals surface area contributed by atoms with Crippen LogP contribution in [0.4, 0.5) is 0 Å². The van der Waals surface area contributed by atoms with Crippen LogP contribution in [0.25, 0.3) is 0 Å². The molecule has 88 valence electrons. The number of rotatable bonds is 5. The lowest BCUT2D eigenvalue weighted by Gasteiger charge is -2.07. The summed E-state index contributed by atoms with van der Waals surface area (Å²) in [6.45, 7) is 4.23. The predicted octanol–water partition coefficient (Wildman–Crippen LogP) is 1.40. The van der Waals surface area contributed by atoms with Crippen molar-refractivity contribution >= 4 is 23.3 Å². The van der Waals surface area contributed by atoms with Crippen molar-refractivity contribution in [3.8, 4) is 0 Å². The highest BCUT2D eigenvalue weighted by atomic mass is 35.5. The second-order valence-corrected chi connectivity index (χ2v) is 3.98. The van der Waals surface area contributed by atoms with Gasteiger partial charge in [-0.05, 0) is 19.9 Å². The molecule has 0 aliphatic heterocycles. The molecule has 5 heteroatoms. The number of nitrogens with two attached hydrogens (primary N) is 1. The van der Waals surface area contributed by atoms with Gasteiger partial charge in [0, 0.05) is 29.9 Å². The Kier molecular flexibility index (Phi) is 4.12. The Morgan fingerprint density at radius 1 is 1.44 bits per heavy atom. The lowest BCUT2D eigenvalue weighted by molar-refractivity contribution is -0.118.